The highest BCUT2D eigenvalue weighted by Gasteiger charge is 2.36. The molecular formula is C10H15F2N3. The van der Waals surface area contributed by atoms with Gasteiger partial charge in [0.2, 0.25) is 5.92 Å². The number of halogens is 2. The lowest BCUT2D eigenvalue weighted by Gasteiger charge is -2.27. The smallest absolute Gasteiger partial charge is 0.248 e. The summed E-state index contributed by atoms with van der Waals surface area (Å²) in [7, 11) is 0. The largest absolute Gasteiger partial charge is 0.382 e. The maximum atomic E-state index is 12.9. The summed E-state index contributed by atoms with van der Waals surface area (Å²) in [6.07, 6.45) is 0.955. The number of aromatic nitrogens is 2. The van der Waals surface area contributed by atoms with Crippen molar-refractivity contribution in [1.82, 2.24) is 10.2 Å². The number of nitrogens with one attached hydrogen (secondary N) is 1. The third kappa shape index (κ3) is 1.96. The highest BCUT2D eigenvalue weighted by molar-refractivity contribution is 5.42. The molecule has 0 aromatic carbocycles. The zero-order chi connectivity index (χ0) is 11.1. The summed E-state index contributed by atoms with van der Waals surface area (Å²) < 4.78 is 25.9. The van der Waals surface area contributed by atoms with Crippen LogP contribution in [0.15, 0.2) is 0 Å². The van der Waals surface area contributed by atoms with E-state index in [2.05, 4.69) is 10.2 Å². The summed E-state index contributed by atoms with van der Waals surface area (Å²) in [4.78, 5) is 0. The second-order valence-electron chi connectivity index (χ2n) is 4.28. The predicted molar refractivity (Wildman–Crippen MR) is 53.9 cm³/mol. The minimum absolute atomic E-state index is 0.0317. The van der Waals surface area contributed by atoms with Gasteiger partial charge < -0.3 is 5.73 Å². The van der Waals surface area contributed by atoms with Crippen LogP contribution in [0.3, 0.4) is 0 Å². The molecule has 0 amide bonds. The fourth-order valence-electron chi connectivity index (χ4n) is 2.15. The zero-order valence-corrected chi connectivity index (χ0v) is 8.69. The molecule has 1 aromatic rings. The van der Waals surface area contributed by atoms with Crippen molar-refractivity contribution < 1.29 is 8.78 Å². The molecule has 1 saturated carbocycles. The summed E-state index contributed by atoms with van der Waals surface area (Å²) >= 11 is 0. The molecule has 1 heterocycles. The van der Waals surface area contributed by atoms with E-state index in [0.29, 0.717) is 18.7 Å². The summed E-state index contributed by atoms with van der Waals surface area (Å²) in [6.45, 7) is 1.88. The first-order valence-corrected chi connectivity index (χ1v) is 5.18. The van der Waals surface area contributed by atoms with Crippen molar-refractivity contribution in [3.05, 3.63) is 11.3 Å². The first-order valence-electron chi connectivity index (χ1n) is 5.18. The molecule has 1 fully saturated rings. The molecule has 0 bridgehead atoms. The van der Waals surface area contributed by atoms with E-state index >= 15 is 0 Å². The van der Waals surface area contributed by atoms with E-state index < -0.39 is 5.92 Å². The Kier molecular flexibility index (Phi) is 2.40. The molecule has 1 aromatic heterocycles. The Labute approximate surface area is 87.0 Å². The number of alkyl halides is 2. The lowest BCUT2D eigenvalue weighted by atomic mass is 9.84. The fourth-order valence-corrected chi connectivity index (χ4v) is 2.15. The van der Waals surface area contributed by atoms with Crippen molar-refractivity contribution in [1.29, 1.82) is 0 Å². The third-order valence-electron chi connectivity index (χ3n) is 3.21. The van der Waals surface area contributed by atoms with Crippen molar-refractivity contribution in [2.75, 3.05) is 5.73 Å². The zero-order valence-electron chi connectivity index (χ0n) is 8.69. The van der Waals surface area contributed by atoms with Crippen molar-refractivity contribution in [2.45, 2.75) is 44.4 Å². The van der Waals surface area contributed by atoms with E-state index in [-0.39, 0.29) is 18.8 Å². The molecule has 0 atom stereocenters. The molecule has 3 N–H and O–H groups in total. The average Bonchev–Trinajstić information content (AvgIpc) is 2.49. The number of hydrogen-bond donors (Lipinski definition) is 2. The van der Waals surface area contributed by atoms with Crippen molar-refractivity contribution in [3.63, 3.8) is 0 Å². The second-order valence-corrected chi connectivity index (χ2v) is 4.28. The van der Waals surface area contributed by atoms with Crippen molar-refractivity contribution in [2.24, 2.45) is 0 Å². The van der Waals surface area contributed by atoms with Gasteiger partial charge in [0.1, 0.15) is 5.82 Å². The van der Waals surface area contributed by atoms with Gasteiger partial charge in [0, 0.05) is 30.0 Å². The van der Waals surface area contributed by atoms with Crippen LogP contribution in [-0.2, 0) is 0 Å². The van der Waals surface area contributed by atoms with Gasteiger partial charge in [0.15, 0.2) is 0 Å². The Balaban J connectivity index is 2.11. The van der Waals surface area contributed by atoms with E-state index in [1.165, 1.54) is 0 Å². The molecule has 0 aliphatic heterocycles. The van der Waals surface area contributed by atoms with E-state index in [9.17, 15) is 8.78 Å². The predicted octanol–water partition coefficient (Wildman–Crippen LogP) is 2.59. The van der Waals surface area contributed by atoms with Crippen LogP contribution in [0, 0.1) is 6.92 Å². The van der Waals surface area contributed by atoms with E-state index in [4.69, 9.17) is 5.73 Å². The molecule has 0 unspecified atom stereocenters. The van der Waals surface area contributed by atoms with Crippen LogP contribution in [0.2, 0.25) is 0 Å². The molecule has 15 heavy (non-hydrogen) atoms. The summed E-state index contributed by atoms with van der Waals surface area (Å²) in [5, 5.41) is 6.74. The van der Waals surface area contributed by atoms with Gasteiger partial charge in [-0.3, -0.25) is 5.10 Å². The molecule has 0 spiro atoms. The highest BCUT2D eigenvalue weighted by atomic mass is 19.3. The van der Waals surface area contributed by atoms with Gasteiger partial charge in [-0.2, -0.15) is 5.10 Å². The normalized spacial score (nSPS) is 21.8. The number of nitrogens with zero attached hydrogens (tertiary/aromatic N) is 1. The molecule has 1 aliphatic carbocycles. The molecule has 5 heteroatoms. The first-order chi connectivity index (χ1) is 6.99. The van der Waals surface area contributed by atoms with Crippen LogP contribution < -0.4 is 5.73 Å². The van der Waals surface area contributed by atoms with Crippen LogP contribution in [0.1, 0.15) is 42.9 Å². The maximum absolute atomic E-state index is 12.9. The lowest BCUT2D eigenvalue weighted by molar-refractivity contribution is -0.0385. The number of anilines is 1. The maximum Gasteiger partial charge on any atom is 0.248 e. The summed E-state index contributed by atoms with van der Waals surface area (Å²) in [5.74, 6) is -1.84. The Morgan fingerprint density at radius 3 is 2.47 bits per heavy atom. The number of H-pyrrole nitrogens is 1. The SMILES string of the molecule is Cc1c(N)n[nH]c1C1CCC(F)(F)CC1. The molecular weight excluding hydrogens is 200 g/mol. The number of nitrogens with two attached hydrogens (primary N) is 1. The third-order valence-corrected chi connectivity index (χ3v) is 3.21. The van der Waals surface area contributed by atoms with E-state index in [0.717, 1.165) is 11.3 Å². The van der Waals surface area contributed by atoms with Crippen LogP contribution >= 0.6 is 0 Å². The molecule has 0 saturated heterocycles. The Morgan fingerprint density at radius 2 is 2.00 bits per heavy atom. The lowest BCUT2D eigenvalue weighted by Crippen LogP contribution is -2.24. The quantitative estimate of drug-likeness (QED) is 0.756. The standard InChI is InChI=1S/C10H15F2N3/c1-6-8(14-15-9(6)13)7-2-4-10(11,12)5-3-7/h7H,2-5H2,1H3,(H3,13,14,15). The topological polar surface area (TPSA) is 54.7 Å². The number of rotatable bonds is 1. The highest BCUT2D eigenvalue weighted by Crippen LogP contribution is 2.41. The summed E-state index contributed by atoms with van der Waals surface area (Å²) in [5.41, 5.74) is 7.45. The number of aromatic amines is 1. The van der Waals surface area contributed by atoms with Crippen molar-refractivity contribution >= 4 is 5.82 Å². The second kappa shape index (κ2) is 3.47. The number of nitrogen functional groups attached to an aromatic ring is 1. The molecule has 2 rings (SSSR count). The monoisotopic (exact) mass is 215 g/mol. The Bertz CT molecular complexity index is 350. The average molecular weight is 215 g/mol. The Hall–Kier alpha value is -1.13. The van der Waals surface area contributed by atoms with Crippen LogP contribution in [0.4, 0.5) is 14.6 Å². The minimum Gasteiger partial charge on any atom is -0.382 e. The molecule has 3 nitrogen and oxygen atoms in total. The van der Waals surface area contributed by atoms with Gasteiger partial charge in [-0.25, -0.2) is 8.78 Å². The van der Waals surface area contributed by atoms with Gasteiger partial charge in [0.25, 0.3) is 0 Å². The number of hydrogen-bond acceptors (Lipinski definition) is 2. The minimum atomic E-state index is -2.48. The molecule has 84 valence electrons. The molecule has 1 aliphatic rings. The van der Waals surface area contributed by atoms with Gasteiger partial charge in [0.05, 0.1) is 0 Å². The molecule has 0 radical (unpaired) electrons. The van der Waals surface area contributed by atoms with Gasteiger partial charge in [-0.1, -0.05) is 0 Å². The van der Waals surface area contributed by atoms with Gasteiger partial charge >= 0.3 is 0 Å². The van der Waals surface area contributed by atoms with Crippen LogP contribution in [-0.4, -0.2) is 16.1 Å². The van der Waals surface area contributed by atoms with Crippen LogP contribution in [0.25, 0.3) is 0 Å². The van der Waals surface area contributed by atoms with Crippen molar-refractivity contribution in [3.8, 4) is 0 Å². The fraction of sp³-hybridized carbons (Fsp3) is 0.700. The van der Waals surface area contributed by atoms with E-state index in [1.54, 1.807) is 0 Å². The summed E-state index contributed by atoms with van der Waals surface area (Å²) in [6, 6.07) is 0. The Morgan fingerprint density at radius 1 is 1.40 bits per heavy atom. The van der Waals surface area contributed by atoms with Gasteiger partial charge in [-0.05, 0) is 19.8 Å². The van der Waals surface area contributed by atoms with Crippen LogP contribution in [0.5, 0.6) is 0 Å². The van der Waals surface area contributed by atoms with E-state index in [1.807, 2.05) is 6.92 Å². The van der Waals surface area contributed by atoms with Gasteiger partial charge in [-0.15, -0.1) is 0 Å². The first kappa shape index (κ1) is 10.4.